The molecule has 0 aliphatic heterocycles. The lowest BCUT2D eigenvalue weighted by Gasteiger charge is -2.37. The van der Waals surface area contributed by atoms with Crippen molar-refractivity contribution < 1.29 is 0 Å². The van der Waals surface area contributed by atoms with Crippen LogP contribution >= 0.6 is 0 Å². The molecule has 3 rings (SSSR count). The van der Waals surface area contributed by atoms with Crippen molar-refractivity contribution in [3.63, 3.8) is 0 Å². The van der Waals surface area contributed by atoms with Gasteiger partial charge in [-0.15, -0.1) is 0 Å². The third-order valence-corrected chi connectivity index (χ3v) is 3.30. The molecule has 4 unspecified atom stereocenters. The van der Waals surface area contributed by atoms with Crippen LogP contribution in [0, 0.1) is 35.5 Å². The van der Waals surface area contributed by atoms with Gasteiger partial charge in [-0.2, -0.15) is 0 Å². The monoisotopic (exact) mass is 118 g/mol. The number of rotatable bonds is 0. The molecule has 0 N–H and O–H groups in total. The van der Waals surface area contributed by atoms with Crippen LogP contribution in [0.15, 0.2) is 0 Å². The normalized spacial score (nSPS) is 57.8. The summed E-state index contributed by atoms with van der Waals surface area (Å²) >= 11 is 0. The number of hydrogen-bond donors (Lipinski definition) is 0. The Hall–Kier alpha value is -0.440. The van der Waals surface area contributed by atoms with E-state index in [1.807, 2.05) is 0 Å². The minimum atomic E-state index is 0.818. The summed E-state index contributed by atoms with van der Waals surface area (Å²) in [5.41, 5.74) is 0. The number of hydrogen-bond acceptors (Lipinski definition) is 0. The van der Waals surface area contributed by atoms with Crippen molar-refractivity contribution in [3.8, 4) is 11.8 Å². The highest BCUT2D eigenvalue weighted by Gasteiger charge is 2.48. The Morgan fingerprint density at radius 3 is 2.89 bits per heavy atom. The molecular formula is C9H10. The molecule has 4 atom stereocenters. The molecule has 0 aromatic heterocycles. The minimum absolute atomic E-state index is 0.818. The summed E-state index contributed by atoms with van der Waals surface area (Å²) in [7, 11) is 0. The van der Waals surface area contributed by atoms with Gasteiger partial charge in [0.2, 0.25) is 0 Å². The summed E-state index contributed by atoms with van der Waals surface area (Å²) in [6, 6.07) is 0. The first-order chi connectivity index (χ1) is 4.43. The highest BCUT2D eigenvalue weighted by molar-refractivity contribution is 5.23. The lowest BCUT2D eigenvalue weighted by molar-refractivity contribution is 0.152. The maximum absolute atomic E-state index is 3.36. The summed E-state index contributed by atoms with van der Waals surface area (Å²) in [5, 5.41) is 0. The van der Waals surface area contributed by atoms with Gasteiger partial charge in [0.25, 0.3) is 0 Å². The average molecular weight is 118 g/mol. The second-order valence-electron chi connectivity index (χ2n) is 3.72. The van der Waals surface area contributed by atoms with Gasteiger partial charge in [0.1, 0.15) is 0 Å². The average Bonchev–Trinajstić information content (AvgIpc) is 2.04. The fourth-order valence-corrected chi connectivity index (χ4v) is 2.74. The molecular weight excluding hydrogens is 108 g/mol. The second-order valence-corrected chi connectivity index (χ2v) is 3.72. The summed E-state index contributed by atoms with van der Waals surface area (Å²) in [6.07, 6.45) is 4.32. The van der Waals surface area contributed by atoms with Crippen LogP contribution in [-0.2, 0) is 0 Å². The van der Waals surface area contributed by atoms with Crippen molar-refractivity contribution in [2.75, 3.05) is 0 Å². The van der Waals surface area contributed by atoms with E-state index in [0.29, 0.717) is 0 Å². The molecule has 3 aliphatic rings. The first kappa shape index (κ1) is 4.39. The van der Waals surface area contributed by atoms with Crippen molar-refractivity contribution in [1.82, 2.24) is 0 Å². The molecule has 3 aliphatic carbocycles. The fraction of sp³-hybridized carbons (Fsp3) is 0.778. The largest absolute Gasteiger partial charge is 0.0996 e. The van der Waals surface area contributed by atoms with Gasteiger partial charge >= 0.3 is 0 Å². The quantitative estimate of drug-likeness (QED) is 0.424. The molecule has 0 aromatic rings. The molecule has 0 amide bonds. The van der Waals surface area contributed by atoms with Crippen LogP contribution < -0.4 is 0 Å². The van der Waals surface area contributed by atoms with Crippen LogP contribution in [0.5, 0.6) is 0 Å². The van der Waals surface area contributed by atoms with Gasteiger partial charge in [-0.1, -0.05) is 11.8 Å². The van der Waals surface area contributed by atoms with Gasteiger partial charge < -0.3 is 0 Å². The molecule has 46 valence electrons. The summed E-state index contributed by atoms with van der Waals surface area (Å²) < 4.78 is 0. The molecule has 0 aromatic carbocycles. The van der Waals surface area contributed by atoms with Crippen LogP contribution in [0.4, 0.5) is 0 Å². The van der Waals surface area contributed by atoms with E-state index >= 15 is 0 Å². The van der Waals surface area contributed by atoms with Gasteiger partial charge in [0, 0.05) is 11.8 Å². The molecule has 2 bridgehead atoms. The van der Waals surface area contributed by atoms with E-state index in [9.17, 15) is 0 Å². The van der Waals surface area contributed by atoms with E-state index in [4.69, 9.17) is 0 Å². The van der Waals surface area contributed by atoms with Gasteiger partial charge in [-0.25, -0.2) is 0 Å². The van der Waals surface area contributed by atoms with E-state index in [1.54, 1.807) is 0 Å². The zero-order chi connectivity index (χ0) is 5.84. The lowest BCUT2D eigenvalue weighted by Crippen LogP contribution is -2.31. The smallest absolute Gasteiger partial charge is 0.0237 e. The first-order valence-electron chi connectivity index (χ1n) is 3.94. The maximum atomic E-state index is 3.36. The summed E-state index contributed by atoms with van der Waals surface area (Å²) in [5.74, 6) is 10.5. The lowest BCUT2D eigenvalue weighted by atomic mass is 9.67. The summed E-state index contributed by atoms with van der Waals surface area (Å²) in [6.45, 7) is 0. The molecule has 9 heavy (non-hydrogen) atoms. The highest BCUT2D eigenvalue weighted by atomic mass is 14.5. The van der Waals surface area contributed by atoms with E-state index in [2.05, 4.69) is 11.8 Å². The topological polar surface area (TPSA) is 0 Å². The van der Waals surface area contributed by atoms with Crippen LogP contribution in [0.1, 0.15) is 19.3 Å². The van der Waals surface area contributed by atoms with Crippen LogP contribution in [0.3, 0.4) is 0 Å². The van der Waals surface area contributed by atoms with E-state index in [0.717, 1.165) is 23.7 Å². The SMILES string of the molecule is C1#CC2CC3CC1CC23. The van der Waals surface area contributed by atoms with Crippen molar-refractivity contribution in [2.24, 2.45) is 23.7 Å². The molecule has 0 heterocycles. The summed E-state index contributed by atoms with van der Waals surface area (Å²) in [4.78, 5) is 0. The van der Waals surface area contributed by atoms with E-state index in [1.165, 1.54) is 19.3 Å². The Balaban J connectivity index is 2.10. The molecule has 0 nitrogen and oxygen atoms in total. The Bertz CT molecular complexity index is 198. The second kappa shape index (κ2) is 1.19. The molecule has 0 heteroatoms. The Labute approximate surface area is 55.6 Å². The standard InChI is InChI=1S/C9H10/c1-2-7-5-8-3-6(1)4-9(7)8/h6-9H,3-5H2. The van der Waals surface area contributed by atoms with Gasteiger partial charge in [0.05, 0.1) is 0 Å². The number of fused-ring (bicyclic) bond motifs is 1. The highest BCUT2D eigenvalue weighted by Crippen LogP contribution is 2.54. The Kier molecular flexibility index (Phi) is 0.578. The predicted molar refractivity (Wildman–Crippen MR) is 35.6 cm³/mol. The fourth-order valence-electron chi connectivity index (χ4n) is 2.74. The van der Waals surface area contributed by atoms with E-state index in [-0.39, 0.29) is 0 Å². The van der Waals surface area contributed by atoms with Gasteiger partial charge in [0.15, 0.2) is 0 Å². The van der Waals surface area contributed by atoms with E-state index < -0.39 is 0 Å². The molecule has 2 fully saturated rings. The first-order valence-corrected chi connectivity index (χ1v) is 3.94. The Morgan fingerprint density at radius 2 is 2.00 bits per heavy atom. The maximum Gasteiger partial charge on any atom is 0.0237 e. The minimum Gasteiger partial charge on any atom is -0.0996 e. The van der Waals surface area contributed by atoms with Crippen molar-refractivity contribution in [2.45, 2.75) is 19.3 Å². The van der Waals surface area contributed by atoms with Crippen molar-refractivity contribution in [1.29, 1.82) is 0 Å². The predicted octanol–water partition coefficient (Wildman–Crippen LogP) is 1.67. The van der Waals surface area contributed by atoms with Crippen LogP contribution in [-0.4, -0.2) is 0 Å². The molecule has 2 saturated carbocycles. The van der Waals surface area contributed by atoms with Crippen LogP contribution in [0.25, 0.3) is 0 Å². The zero-order valence-electron chi connectivity index (χ0n) is 5.43. The molecule has 0 radical (unpaired) electrons. The zero-order valence-corrected chi connectivity index (χ0v) is 5.43. The van der Waals surface area contributed by atoms with Crippen LogP contribution in [0.2, 0.25) is 0 Å². The van der Waals surface area contributed by atoms with Gasteiger partial charge in [-0.3, -0.25) is 0 Å². The molecule has 0 spiro atoms. The van der Waals surface area contributed by atoms with Gasteiger partial charge in [-0.05, 0) is 31.1 Å². The third kappa shape index (κ3) is 0.387. The Morgan fingerprint density at radius 1 is 1.00 bits per heavy atom. The third-order valence-electron chi connectivity index (χ3n) is 3.30. The molecule has 0 saturated heterocycles. The van der Waals surface area contributed by atoms with Crippen molar-refractivity contribution in [3.05, 3.63) is 0 Å². The van der Waals surface area contributed by atoms with Crippen molar-refractivity contribution >= 4 is 0 Å².